The Hall–Kier alpha value is -8.29. The molecule has 14 rings (SSSR count). The van der Waals surface area contributed by atoms with Crippen LogP contribution in [-0.2, 0) is 0 Å². The van der Waals surface area contributed by atoms with Gasteiger partial charge in [0.2, 0.25) is 0 Å². The molecule has 0 aliphatic heterocycles. The minimum Gasteiger partial charge on any atom is -0.456 e. The fourth-order valence-corrected chi connectivity index (χ4v) is 9.87. The lowest BCUT2D eigenvalue weighted by atomic mass is 10.0. The van der Waals surface area contributed by atoms with Gasteiger partial charge in [-0.2, -0.15) is 0 Å². The standard InChI is InChI=1S/C53H29N5O2/c1-2-14-30(15-3-1)51-54-52(56-53(55-51)36-21-13-27-44-45(36)34-18-6-10-25-42(34)59-44)33-17-5-9-23-39(33)57-40-24-12-20-32-31-16-4-8-22-38(31)58-48-37(28-29-41(57)47(48)46(32)40)50-49(58)35-19-7-11-26-43(35)60-50/h1-29H. The number of aromatic nitrogens is 5. The summed E-state index contributed by atoms with van der Waals surface area (Å²) in [7, 11) is 0. The summed E-state index contributed by atoms with van der Waals surface area (Å²) in [5.74, 6) is 1.76. The van der Waals surface area contributed by atoms with Crippen LogP contribution in [0.3, 0.4) is 0 Å². The monoisotopic (exact) mass is 767 g/mol. The maximum atomic E-state index is 6.70. The Labute approximate surface area is 340 Å². The molecule has 6 heterocycles. The van der Waals surface area contributed by atoms with Crippen LogP contribution in [0.5, 0.6) is 0 Å². The van der Waals surface area contributed by atoms with Crippen molar-refractivity contribution < 1.29 is 8.83 Å². The van der Waals surface area contributed by atoms with Gasteiger partial charge in [-0.15, -0.1) is 0 Å². The first-order valence-electron chi connectivity index (χ1n) is 20.1. The fraction of sp³-hybridized carbons (Fsp3) is 0. The molecule has 0 unspecified atom stereocenters. The van der Waals surface area contributed by atoms with E-state index in [0.717, 1.165) is 93.8 Å². The van der Waals surface area contributed by atoms with Gasteiger partial charge in [0, 0.05) is 54.4 Å². The van der Waals surface area contributed by atoms with Gasteiger partial charge >= 0.3 is 0 Å². The number of nitrogens with zero attached hydrogens (tertiary/aromatic N) is 5. The summed E-state index contributed by atoms with van der Waals surface area (Å²) in [4.78, 5) is 15.8. The molecule has 7 nitrogen and oxygen atoms in total. The van der Waals surface area contributed by atoms with Crippen molar-refractivity contribution in [3.63, 3.8) is 0 Å². The van der Waals surface area contributed by atoms with Crippen molar-refractivity contribution in [3.05, 3.63) is 176 Å². The van der Waals surface area contributed by atoms with E-state index < -0.39 is 0 Å². The molecule has 0 aliphatic rings. The van der Waals surface area contributed by atoms with Crippen molar-refractivity contribution in [1.29, 1.82) is 0 Å². The summed E-state index contributed by atoms with van der Waals surface area (Å²) < 4.78 is 17.9. The number of rotatable bonds is 4. The lowest BCUT2D eigenvalue weighted by Crippen LogP contribution is -2.03. The van der Waals surface area contributed by atoms with Crippen LogP contribution in [0.1, 0.15) is 0 Å². The van der Waals surface area contributed by atoms with E-state index in [4.69, 9.17) is 23.8 Å². The quantitative estimate of drug-likeness (QED) is 0.178. The molecule has 0 amide bonds. The Balaban J connectivity index is 1.10. The van der Waals surface area contributed by atoms with Gasteiger partial charge in [-0.3, -0.25) is 0 Å². The molecule has 0 bridgehead atoms. The number of benzene rings is 8. The van der Waals surface area contributed by atoms with Gasteiger partial charge in [0.05, 0.1) is 27.8 Å². The van der Waals surface area contributed by atoms with Gasteiger partial charge in [0.25, 0.3) is 0 Å². The highest BCUT2D eigenvalue weighted by atomic mass is 16.3. The zero-order valence-electron chi connectivity index (χ0n) is 31.8. The third-order valence-electron chi connectivity index (χ3n) is 12.3. The van der Waals surface area contributed by atoms with Gasteiger partial charge in [-0.05, 0) is 66.0 Å². The highest BCUT2D eigenvalue weighted by Gasteiger charge is 2.27. The SMILES string of the molecule is c1ccc(-c2nc(-c3ccccc3-n3c4cccc5c6ccccc6n6c7c8ccccc8oc7c7ccc3c(c54)c76)nc(-c3cccc4oc5ccccc5c34)n2)cc1. The molecule has 7 heteroatoms. The molecule has 8 aromatic carbocycles. The van der Waals surface area contributed by atoms with Crippen LogP contribution in [0.4, 0.5) is 0 Å². The second kappa shape index (κ2) is 11.7. The van der Waals surface area contributed by atoms with E-state index in [1.165, 1.54) is 21.5 Å². The first-order chi connectivity index (χ1) is 29.8. The maximum absolute atomic E-state index is 6.70. The maximum Gasteiger partial charge on any atom is 0.166 e. The van der Waals surface area contributed by atoms with Crippen molar-refractivity contribution in [2.24, 2.45) is 0 Å². The van der Waals surface area contributed by atoms with Gasteiger partial charge < -0.3 is 17.8 Å². The van der Waals surface area contributed by atoms with Crippen LogP contribution in [-0.4, -0.2) is 23.9 Å². The van der Waals surface area contributed by atoms with Crippen molar-refractivity contribution in [3.8, 4) is 39.9 Å². The van der Waals surface area contributed by atoms with E-state index in [1.54, 1.807) is 0 Å². The Morgan fingerprint density at radius 3 is 1.85 bits per heavy atom. The zero-order valence-corrected chi connectivity index (χ0v) is 31.8. The topological polar surface area (TPSA) is 74.3 Å². The number of para-hydroxylation sites is 4. The van der Waals surface area contributed by atoms with E-state index >= 15 is 0 Å². The summed E-state index contributed by atoms with van der Waals surface area (Å²) in [5, 5.41) is 8.92. The first-order valence-corrected chi connectivity index (χ1v) is 20.1. The fourth-order valence-electron chi connectivity index (χ4n) is 9.87. The van der Waals surface area contributed by atoms with Crippen LogP contribution in [0.2, 0.25) is 0 Å². The predicted molar refractivity (Wildman–Crippen MR) is 242 cm³/mol. The van der Waals surface area contributed by atoms with Gasteiger partial charge in [0.1, 0.15) is 22.3 Å². The molecule has 0 saturated carbocycles. The summed E-state index contributed by atoms with van der Waals surface area (Å²) in [6, 6.07) is 61.1. The molecule has 0 spiro atoms. The molecule has 0 saturated heterocycles. The number of hydrogen-bond donors (Lipinski definition) is 0. The highest BCUT2D eigenvalue weighted by Crippen LogP contribution is 2.48. The third-order valence-corrected chi connectivity index (χ3v) is 12.3. The van der Waals surface area contributed by atoms with Gasteiger partial charge in [-0.25, -0.2) is 15.0 Å². The molecular formula is C53H29N5O2. The Kier molecular flexibility index (Phi) is 6.17. The van der Waals surface area contributed by atoms with Gasteiger partial charge in [0.15, 0.2) is 23.1 Å². The van der Waals surface area contributed by atoms with Gasteiger partial charge in [-0.1, -0.05) is 115 Å². The van der Waals surface area contributed by atoms with Crippen LogP contribution in [0.15, 0.2) is 185 Å². The van der Waals surface area contributed by atoms with E-state index in [9.17, 15) is 0 Å². The summed E-state index contributed by atoms with van der Waals surface area (Å²) in [6.45, 7) is 0. The van der Waals surface area contributed by atoms with Crippen LogP contribution >= 0.6 is 0 Å². The Morgan fingerprint density at radius 2 is 0.967 bits per heavy atom. The number of hydrogen-bond acceptors (Lipinski definition) is 5. The summed E-state index contributed by atoms with van der Waals surface area (Å²) >= 11 is 0. The smallest absolute Gasteiger partial charge is 0.166 e. The van der Waals surface area contributed by atoms with Crippen molar-refractivity contribution in [2.75, 3.05) is 0 Å². The average molecular weight is 768 g/mol. The van der Waals surface area contributed by atoms with E-state index in [-0.39, 0.29) is 0 Å². The first kappa shape index (κ1) is 31.8. The lowest BCUT2D eigenvalue weighted by Gasteiger charge is -2.15. The van der Waals surface area contributed by atoms with Crippen LogP contribution in [0.25, 0.3) is 133 Å². The summed E-state index contributed by atoms with van der Waals surface area (Å²) in [5.41, 5.74) is 12.6. The number of furan rings is 2. The molecule has 0 fully saturated rings. The van der Waals surface area contributed by atoms with E-state index in [0.29, 0.717) is 17.5 Å². The van der Waals surface area contributed by atoms with Crippen molar-refractivity contribution in [2.45, 2.75) is 0 Å². The molecule has 0 aliphatic carbocycles. The zero-order chi connectivity index (χ0) is 39.1. The highest BCUT2D eigenvalue weighted by molar-refractivity contribution is 6.34. The Morgan fingerprint density at radius 1 is 0.350 bits per heavy atom. The molecule has 6 aromatic heterocycles. The van der Waals surface area contributed by atoms with Crippen LogP contribution in [0, 0.1) is 0 Å². The Bertz CT molecular complexity index is 4080. The summed E-state index contributed by atoms with van der Waals surface area (Å²) in [6.07, 6.45) is 0. The minimum absolute atomic E-state index is 0.579. The van der Waals surface area contributed by atoms with Crippen molar-refractivity contribution in [1.82, 2.24) is 23.9 Å². The predicted octanol–water partition coefficient (Wildman–Crippen LogP) is 13.8. The van der Waals surface area contributed by atoms with Crippen LogP contribution < -0.4 is 0 Å². The minimum atomic E-state index is 0.579. The normalized spacial score (nSPS) is 12.3. The van der Waals surface area contributed by atoms with E-state index in [1.807, 2.05) is 66.7 Å². The van der Waals surface area contributed by atoms with E-state index in [2.05, 4.69) is 118 Å². The molecule has 14 aromatic rings. The number of fused-ring (bicyclic) bond motifs is 11. The molecule has 278 valence electrons. The van der Waals surface area contributed by atoms with Crippen molar-refractivity contribution >= 4 is 93.0 Å². The lowest BCUT2D eigenvalue weighted by molar-refractivity contribution is 0.669. The molecule has 60 heavy (non-hydrogen) atoms. The third kappa shape index (κ3) is 4.14. The second-order valence-corrected chi connectivity index (χ2v) is 15.5. The average Bonchev–Trinajstić information content (AvgIpc) is 4.04. The largest absolute Gasteiger partial charge is 0.456 e. The molecule has 0 N–H and O–H groups in total. The molecule has 0 atom stereocenters. The molecule has 0 radical (unpaired) electrons. The molecular weight excluding hydrogens is 739 g/mol. The second-order valence-electron chi connectivity index (χ2n) is 15.5.